The molecule has 0 N–H and O–H groups in total. The highest BCUT2D eigenvalue weighted by atomic mass is 16.5. The van der Waals surface area contributed by atoms with Crippen molar-refractivity contribution >= 4 is 0 Å². The summed E-state index contributed by atoms with van der Waals surface area (Å²) in [4.78, 5) is 0. The molecule has 0 heterocycles. The second kappa shape index (κ2) is 7.07. The predicted octanol–water partition coefficient (Wildman–Crippen LogP) is 3.75. The van der Waals surface area contributed by atoms with E-state index in [1.807, 2.05) is 24.3 Å². The molecule has 4 heteroatoms. The monoisotopic (exact) mass is 301 g/mol. The average Bonchev–Trinajstić information content (AvgIpc) is 2.59. The molecule has 0 spiro atoms. The quantitative estimate of drug-likeness (QED) is 0.814. The minimum Gasteiger partial charge on any atom is -0.497 e. The van der Waals surface area contributed by atoms with E-state index >= 15 is 0 Å². The van der Waals surface area contributed by atoms with Gasteiger partial charge >= 0.3 is 0 Å². The second-order valence-corrected chi connectivity index (χ2v) is 4.68. The number of hydrogen-bond donors (Lipinski definition) is 0. The van der Waals surface area contributed by atoms with E-state index in [2.05, 4.69) is 13.0 Å². The van der Waals surface area contributed by atoms with Gasteiger partial charge in [0.15, 0.2) is 0 Å². The van der Waals surface area contributed by atoms with Crippen molar-refractivity contribution in [3.8, 4) is 34.1 Å². The lowest BCUT2D eigenvalue weighted by Gasteiger charge is -2.18. The van der Waals surface area contributed by atoms with E-state index in [9.17, 15) is 0 Å². The van der Waals surface area contributed by atoms with Crippen LogP contribution in [-0.2, 0) is 6.42 Å². The molecule has 2 aromatic carbocycles. The second-order valence-electron chi connectivity index (χ2n) is 4.68. The van der Waals surface area contributed by atoms with Crippen LogP contribution in [0, 0.1) is 6.07 Å². The van der Waals surface area contributed by atoms with Crippen LogP contribution < -0.4 is 18.9 Å². The number of rotatable bonds is 6. The third-order valence-corrected chi connectivity index (χ3v) is 3.59. The lowest BCUT2D eigenvalue weighted by molar-refractivity contribution is 0.387. The first-order chi connectivity index (χ1) is 10.7. The van der Waals surface area contributed by atoms with Gasteiger partial charge in [-0.15, -0.1) is 0 Å². The number of ether oxygens (including phenoxy) is 4. The molecular weight excluding hydrogens is 280 g/mol. The molecule has 0 fully saturated rings. The van der Waals surface area contributed by atoms with Crippen LogP contribution in [0.3, 0.4) is 0 Å². The van der Waals surface area contributed by atoms with Crippen molar-refractivity contribution in [2.45, 2.75) is 13.3 Å². The molecule has 22 heavy (non-hydrogen) atoms. The molecule has 4 nitrogen and oxygen atoms in total. The molecule has 0 aromatic heterocycles. The number of benzene rings is 2. The lowest BCUT2D eigenvalue weighted by Crippen LogP contribution is -1.99. The Morgan fingerprint density at radius 2 is 1.73 bits per heavy atom. The summed E-state index contributed by atoms with van der Waals surface area (Å²) >= 11 is 0. The molecule has 117 valence electrons. The highest BCUT2D eigenvalue weighted by molar-refractivity contribution is 5.82. The van der Waals surface area contributed by atoms with Crippen LogP contribution in [0.15, 0.2) is 24.3 Å². The van der Waals surface area contributed by atoms with Gasteiger partial charge in [0, 0.05) is 17.7 Å². The summed E-state index contributed by atoms with van der Waals surface area (Å²) in [6.45, 7) is 2.08. The van der Waals surface area contributed by atoms with Crippen molar-refractivity contribution < 1.29 is 18.9 Å². The first-order valence-electron chi connectivity index (χ1n) is 7.08. The zero-order valence-corrected chi connectivity index (χ0v) is 13.6. The molecule has 1 radical (unpaired) electrons. The van der Waals surface area contributed by atoms with Gasteiger partial charge < -0.3 is 18.9 Å². The molecule has 0 aliphatic carbocycles. The maximum Gasteiger partial charge on any atom is 0.138 e. The summed E-state index contributed by atoms with van der Waals surface area (Å²) in [5.41, 5.74) is 2.78. The van der Waals surface area contributed by atoms with Gasteiger partial charge in [-0.1, -0.05) is 6.92 Å². The topological polar surface area (TPSA) is 36.9 Å². The fraction of sp³-hybridized carbons (Fsp3) is 0.333. The molecule has 0 saturated heterocycles. The van der Waals surface area contributed by atoms with Crippen molar-refractivity contribution in [2.75, 3.05) is 28.4 Å². The maximum atomic E-state index is 5.63. The van der Waals surface area contributed by atoms with Crippen molar-refractivity contribution in [1.29, 1.82) is 0 Å². The van der Waals surface area contributed by atoms with Crippen LogP contribution in [0.25, 0.3) is 11.1 Å². The zero-order chi connectivity index (χ0) is 16.1. The lowest BCUT2D eigenvalue weighted by atomic mass is 9.98. The average molecular weight is 301 g/mol. The summed E-state index contributed by atoms with van der Waals surface area (Å²) in [5.74, 6) is 2.82. The molecule has 2 rings (SSSR count). The Morgan fingerprint density at radius 1 is 0.955 bits per heavy atom. The highest BCUT2D eigenvalue weighted by Gasteiger charge is 2.20. The Bertz CT molecular complexity index is 650. The van der Waals surface area contributed by atoms with E-state index in [0.717, 1.165) is 34.6 Å². The van der Waals surface area contributed by atoms with E-state index in [0.29, 0.717) is 11.5 Å². The number of methoxy groups -OCH3 is 4. The Kier molecular flexibility index (Phi) is 5.15. The van der Waals surface area contributed by atoms with Gasteiger partial charge in [0.05, 0.1) is 34.0 Å². The Balaban J connectivity index is 2.75. The third kappa shape index (κ3) is 2.82. The molecule has 0 saturated carbocycles. The van der Waals surface area contributed by atoms with Crippen LogP contribution in [-0.4, -0.2) is 28.4 Å². The third-order valence-electron chi connectivity index (χ3n) is 3.59. The van der Waals surface area contributed by atoms with Crippen molar-refractivity contribution in [3.05, 3.63) is 35.9 Å². The summed E-state index contributed by atoms with van der Waals surface area (Å²) in [6.07, 6.45) is 0.842. The largest absolute Gasteiger partial charge is 0.497 e. The predicted molar refractivity (Wildman–Crippen MR) is 86.3 cm³/mol. The minimum atomic E-state index is 0.623. The fourth-order valence-corrected chi connectivity index (χ4v) is 2.46. The van der Waals surface area contributed by atoms with Gasteiger partial charge in [0.2, 0.25) is 0 Å². The summed E-state index contributed by atoms with van der Waals surface area (Å²) in [7, 11) is 6.54. The van der Waals surface area contributed by atoms with Crippen molar-refractivity contribution in [2.24, 2.45) is 0 Å². The first kappa shape index (κ1) is 16.0. The van der Waals surface area contributed by atoms with E-state index in [1.54, 1.807) is 28.4 Å². The molecule has 0 aliphatic heterocycles. The molecule has 0 amide bonds. The van der Waals surface area contributed by atoms with Gasteiger partial charge in [0.25, 0.3) is 0 Å². The summed E-state index contributed by atoms with van der Waals surface area (Å²) in [6, 6.07) is 10.7. The summed E-state index contributed by atoms with van der Waals surface area (Å²) in [5, 5.41) is 0. The zero-order valence-electron chi connectivity index (χ0n) is 13.6. The van der Waals surface area contributed by atoms with Gasteiger partial charge in [-0.2, -0.15) is 0 Å². The normalized spacial score (nSPS) is 10.2. The van der Waals surface area contributed by atoms with Crippen LogP contribution in [0.2, 0.25) is 0 Å². The highest BCUT2D eigenvalue weighted by Crippen LogP contribution is 2.45. The molecule has 0 aliphatic rings. The Labute approximate surface area is 131 Å². The number of aryl methyl sites for hydroxylation is 1. The van der Waals surface area contributed by atoms with E-state index in [4.69, 9.17) is 18.9 Å². The van der Waals surface area contributed by atoms with Crippen molar-refractivity contribution in [3.63, 3.8) is 0 Å². The molecule has 0 unspecified atom stereocenters. The van der Waals surface area contributed by atoms with E-state index < -0.39 is 0 Å². The van der Waals surface area contributed by atoms with Gasteiger partial charge in [-0.3, -0.25) is 0 Å². The minimum absolute atomic E-state index is 0.623. The molecule has 0 atom stereocenters. The van der Waals surface area contributed by atoms with Crippen LogP contribution in [0.1, 0.15) is 12.5 Å². The Morgan fingerprint density at radius 3 is 2.27 bits per heavy atom. The van der Waals surface area contributed by atoms with Gasteiger partial charge in [-0.25, -0.2) is 0 Å². The van der Waals surface area contributed by atoms with Gasteiger partial charge in [0.1, 0.15) is 23.0 Å². The fourth-order valence-electron chi connectivity index (χ4n) is 2.46. The molecule has 2 aromatic rings. The van der Waals surface area contributed by atoms with E-state index in [1.165, 1.54) is 0 Å². The standard InChI is InChI=1S/C18H21O4/c1-6-12-7-10-15(20-3)17(18(12)22-5)14-9-8-13(19-2)11-16(14)21-4/h7-9,11H,6H2,1-5H3. The molecular formula is C18H21O4. The smallest absolute Gasteiger partial charge is 0.138 e. The van der Waals surface area contributed by atoms with Crippen LogP contribution >= 0.6 is 0 Å². The number of hydrogen-bond acceptors (Lipinski definition) is 4. The summed E-state index contributed by atoms with van der Waals surface area (Å²) < 4.78 is 21.9. The van der Waals surface area contributed by atoms with Gasteiger partial charge in [-0.05, 0) is 30.2 Å². The van der Waals surface area contributed by atoms with E-state index in [-0.39, 0.29) is 0 Å². The van der Waals surface area contributed by atoms with Crippen LogP contribution in [0.4, 0.5) is 0 Å². The SMILES string of the molecule is CCc1c[c]c(OC)c(-c2ccc(OC)cc2OC)c1OC. The van der Waals surface area contributed by atoms with Crippen molar-refractivity contribution in [1.82, 2.24) is 0 Å². The van der Waals surface area contributed by atoms with Crippen LogP contribution in [0.5, 0.6) is 23.0 Å². The molecule has 0 bridgehead atoms. The first-order valence-corrected chi connectivity index (χ1v) is 7.08. The Hall–Kier alpha value is -2.36. The maximum absolute atomic E-state index is 5.63.